The first kappa shape index (κ1) is 18.1. The van der Waals surface area contributed by atoms with Gasteiger partial charge in [0, 0.05) is 5.56 Å². The van der Waals surface area contributed by atoms with E-state index in [1.54, 1.807) is 25.3 Å². The molecule has 3 aromatic rings. The van der Waals surface area contributed by atoms with Crippen LogP contribution in [0.25, 0.3) is 10.6 Å². The summed E-state index contributed by atoms with van der Waals surface area (Å²) in [6, 6.07) is 13.9. The molecule has 0 saturated heterocycles. The smallest absolute Gasteiger partial charge is 0.263 e. The Morgan fingerprint density at radius 1 is 1.23 bits per heavy atom. The van der Waals surface area contributed by atoms with Crippen molar-refractivity contribution in [3.05, 3.63) is 71.0 Å². The first-order chi connectivity index (χ1) is 12.6. The van der Waals surface area contributed by atoms with Crippen molar-refractivity contribution in [2.75, 3.05) is 7.11 Å². The lowest BCUT2D eigenvalue weighted by molar-refractivity contribution is 0.0939. The fourth-order valence-corrected chi connectivity index (χ4v) is 3.47. The molecule has 26 heavy (non-hydrogen) atoms. The van der Waals surface area contributed by atoms with Crippen LogP contribution in [0.1, 0.15) is 34.6 Å². The topological polar surface area (TPSA) is 51.2 Å². The third-order valence-electron chi connectivity index (χ3n) is 4.07. The molecule has 1 amide bonds. The molecular formula is C20H19FN2O2S. The van der Waals surface area contributed by atoms with Gasteiger partial charge in [-0.05, 0) is 36.2 Å². The maximum absolute atomic E-state index is 13.9. The zero-order valence-electron chi connectivity index (χ0n) is 14.5. The van der Waals surface area contributed by atoms with Crippen LogP contribution < -0.4 is 10.1 Å². The summed E-state index contributed by atoms with van der Waals surface area (Å²) in [5.74, 6) is 0.207. The van der Waals surface area contributed by atoms with E-state index in [0.29, 0.717) is 15.4 Å². The van der Waals surface area contributed by atoms with E-state index in [2.05, 4.69) is 10.3 Å². The van der Waals surface area contributed by atoms with Gasteiger partial charge >= 0.3 is 0 Å². The van der Waals surface area contributed by atoms with E-state index in [-0.39, 0.29) is 17.8 Å². The first-order valence-electron chi connectivity index (χ1n) is 8.28. The number of carbonyl (C=O) groups is 1. The van der Waals surface area contributed by atoms with E-state index in [9.17, 15) is 9.18 Å². The summed E-state index contributed by atoms with van der Waals surface area (Å²) in [5.41, 5.74) is 1.40. The third-order valence-corrected chi connectivity index (χ3v) is 5.09. The molecule has 134 valence electrons. The highest BCUT2D eigenvalue weighted by Crippen LogP contribution is 2.28. The number of methoxy groups -OCH3 is 1. The summed E-state index contributed by atoms with van der Waals surface area (Å²) in [5, 5.41) is 3.50. The summed E-state index contributed by atoms with van der Waals surface area (Å²) in [6.07, 6.45) is 2.24. The van der Waals surface area contributed by atoms with Crippen molar-refractivity contribution < 1.29 is 13.9 Å². The lowest BCUT2D eigenvalue weighted by Gasteiger charge is -2.17. The normalized spacial score (nSPS) is 11.8. The second-order valence-corrected chi connectivity index (χ2v) is 6.75. The Morgan fingerprint density at radius 3 is 2.62 bits per heavy atom. The van der Waals surface area contributed by atoms with Crippen molar-refractivity contribution in [1.29, 1.82) is 0 Å². The number of halogens is 1. The van der Waals surface area contributed by atoms with Gasteiger partial charge in [0.25, 0.3) is 5.91 Å². The molecule has 0 radical (unpaired) electrons. The summed E-state index contributed by atoms with van der Waals surface area (Å²) in [7, 11) is 1.62. The monoisotopic (exact) mass is 370 g/mol. The highest BCUT2D eigenvalue weighted by Gasteiger charge is 2.18. The van der Waals surface area contributed by atoms with Crippen molar-refractivity contribution >= 4 is 17.2 Å². The van der Waals surface area contributed by atoms with Crippen molar-refractivity contribution in [2.24, 2.45) is 0 Å². The standard InChI is InChI=1S/C20H19FN2O2S/c1-3-17(13-8-10-14(25-2)11-9-13)23-19(24)18-12-22-20(26-18)15-6-4-5-7-16(15)21/h4-12,17H,3H2,1-2H3,(H,23,24). The minimum absolute atomic E-state index is 0.118. The molecule has 0 aliphatic carbocycles. The number of rotatable bonds is 6. The third kappa shape index (κ3) is 3.91. The molecule has 0 aliphatic rings. The van der Waals surface area contributed by atoms with Gasteiger partial charge in [-0.3, -0.25) is 4.79 Å². The van der Waals surface area contributed by atoms with Crippen molar-refractivity contribution in [2.45, 2.75) is 19.4 Å². The summed E-state index contributed by atoms with van der Waals surface area (Å²) < 4.78 is 19.1. The fraction of sp³-hybridized carbons (Fsp3) is 0.200. The average Bonchev–Trinajstić information content (AvgIpc) is 3.16. The lowest BCUT2D eigenvalue weighted by atomic mass is 10.0. The van der Waals surface area contributed by atoms with Crippen LogP contribution in [0.3, 0.4) is 0 Å². The molecular weight excluding hydrogens is 351 g/mol. The second-order valence-electron chi connectivity index (χ2n) is 5.72. The van der Waals surface area contributed by atoms with Crippen molar-refractivity contribution in [3.63, 3.8) is 0 Å². The average molecular weight is 370 g/mol. The van der Waals surface area contributed by atoms with E-state index in [0.717, 1.165) is 17.7 Å². The minimum Gasteiger partial charge on any atom is -0.497 e. The Kier molecular flexibility index (Phi) is 5.63. The lowest BCUT2D eigenvalue weighted by Crippen LogP contribution is -2.27. The number of ether oxygens (including phenoxy) is 1. The molecule has 1 unspecified atom stereocenters. The van der Waals surface area contributed by atoms with Gasteiger partial charge in [0.15, 0.2) is 0 Å². The first-order valence-corrected chi connectivity index (χ1v) is 9.09. The number of amides is 1. The fourth-order valence-electron chi connectivity index (χ4n) is 2.62. The molecule has 0 bridgehead atoms. The van der Waals surface area contributed by atoms with E-state index < -0.39 is 0 Å². The number of benzene rings is 2. The molecule has 2 aromatic carbocycles. The molecule has 0 fully saturated rings. The Bertz CT molecular complexity index is 893. The van der Waals surface area contributed by atoms with Gasteiger partial charge in [-0.1, -0.05) is 31.2 Å². The van der Waals surface area contributed by atoms with Gasteiger partial charge < -0.3 is 10.1 Å². The number of carbonyl (C=O) groups excluding carboxylic acids is 1. The molecule has 6 heteroatoms. The van der Waals surface area contributed by atoms with Gasteiger partial charge in [0.05, 0.1) is 19.3 Å². The van der Waals surface area contributed by atoms with Gasteiger partial charge in [-0.15, -0.1) is 11.3 Å². The number of nitrogens with zero attached hydrogens (tertiary/aromatic N) is 1. The molecule has 3 rings (SSSR count). The van der Waals surface area contributed by atoms with Crippen molar-refractivity contribution in [3.8, 4) is 16.3 Å². The molecule has 1 aromatic heterocycles. The second kappa shape index (κ2) is 8.10. The van der Waals surface area contributed by atoms with Gasteiger partial charge in [-0.2, -0.15) is 0 Å². The highest BCUT2D eigenvalue weighted by molar-refractivity contribution is 7.16. The molecule has 1 heterocycles. The molecule has 1 atom stereocenters. The number of hydrogen-bond acceptors (Lipinski definition) is 4. The maximum atomic E-state index is 13.9. The van der Waals surface area contributed by atoms with Crippen LogP contribution in [-0.4, -0.2) is 18.0 Å². The predicted molar refractivity (Wildman–Crippen MR) is 101 cm³/mol. The van der Waals surface area contributed by atoms with Crippen LogP contribution >= 0.6 is 11.3 Å². The van der Waals surface area contributed by atoms with Crippen LogP contribution in [0.2, 0.25) is 0 Å². The number of thiazole rings is 1. The summed E-state index contributed by atoms with van der Waals surface area (Å²) >= 11 is 1.18. The largest absolute Gasteiger partial charge is 0.497 e. The van der Waals surface area contributed by atoms with E-state index in [1.807, 2.05) is 31.2 Å². The van der Waals surface area contributed by atoms with Crippen LogP contribution in [0, 0.1) is 5.82 Å². The Hall–Kier alpha value is -2.73. The van der Waals surface area contributed by atoms with E-state index in [4.69, 9.17) is 4.74 Å². The van der Waals surface area contributed by atoms with Gasteiger partial charge in [0.1, 0.15) is 21.5 Å². The minimum atomic E-state index is -0.349. The van der Waals surface area contributed by atoms with Crippen LogP contribution in [-0.2, 0) is 0 Å². The van der Waals surface area contributed by atoms with Crippen molar-refractivity contribution in [1.82, 2.24) is 10.3 Å². The van der Waals surface area contributed by atoms with Crippen LogP contribution in [0.5, 0.6) is 5.75 Å². The number of hydrogen-bond donors (Lipinski definition) is 1. The zero-order chi connectivity index (χ0) is 18.5. The number of nitrogens with one attached hydrogen (secondary N) is 1. The maximum Gasteiger partial charge on any atom is 0.263 e. The molecule has 4 nitrogen and oxygen atoms in total. The van der Waals surface area contributed by atoms with E-state index >= 15 is 0 Å². The van der Waals surface area contributed by atoms with Gasteiger partial charge in [0.2, 0.25) is 0 Å². The molecule has 1 N–H and O–H groups in total. The predicted octanol–water partition coefficient (Wildman–Crippen LogP) is 4.84. The molecule has 0 spiro atoms. The highest BCUT2D eigenvalue weighted by atomic mass is 32.1. The van der Waals surface area contributed by atoms with Gasteiger partial charge in [-0.25, -0.2) is 9.37 Å². The van der Waals surface area contributed by atoms with E-state index in [1.165, 1.54) is 23.6 Å². The zero-order valence-corrected chi connectivity index (χ0v) is 15.3. The molecule has 0 saturated carbocycles. The molecule has 0 aliphatic heterocycles. The summed E-state index contributed by atoms with van der Waals surface area (Å²) in [4.78, 5) is 17.2. The SMILES string of the molecule is CCC(NC(=O)c1cnc(-c2ccccc2F)s1)c1ccc(OC)cc1. The van der Waals surface area contributed by atoms with Crippen LogP contribution in [0.4, 0.5) is 4.39 Å². The number of aromatic nitrogens is 1. The quantitative estimate of drug-likeness (QED) is 0.675. The Balaban J connectivity index is 1.75. The Morgan fingerprint density at radius 2 is 1.96 bits per heavy atom. The Labute approximate surface area is 155 Å². The summed E-state index contributed by atoms with van der Waals surface area (Å²) in [6.45, 7) is 2.01. The van der Waals surface area contributed by atoms with Crippen LogP contribution in [0.15, 0.2) is 54.7 Å².